The molecule has 0 radical (unpaired) electrons. The van der Waals surface area contributed by atoms with Crippen LogP contribution in [0.25, 0.3) is 10.9 Å². The molecule has 1 saturated heterocycles. The van der Waals surface area contributed by atoms with Crippen molar-refractivity contribution in [3.05, 3.63) is 98.6 Å². The second-order valence-electron chi connectivity index (χ2n) is 8.96. The molecule has 2 aliphatic heterocycles. The van der Waals surface area contributed by atoms with Crippen LogP contribution in [0.4, 0.5) is 5.69 Å². The molecule has 0 spiro atoms. The van der Waals surface area contributed by atoms with Gasteiger partial charge in [-0.2, -0.15) is 9.29 Å². The molecule has 0 aliphatic carbocycles. The lowest BCUT2D eigenvalue weighted by Gasteiger charge is -2.41. The fourth-order valence-electron chi connectivity index (χ4n) is 4.69. The maximum Gasteiger partial charge on any atom is 0.439 e. The van der Waals surface area contributed by atoms with Gasteiger partial charge < -0.3 is 14.1 Å². The Kier molecular flexibility index (Phi) is 8.15. The highest BCUT2D eigenvalue weighted by atomic mass is 79.9. The number of hydrogen-bond donors (Lipinski definition) is 0. The second-order valence-corrected chi connectivity index (χ2v) is 12.2. The Labute approximate surface area is 234 Å². The minimum atomic E-state index is -3.57. The molecule has 8 nitrogen and oxygen atoms in total. The summed E-state index contributed by atoms with van der Waals surface area (Å²) in [7, 11) is -3.57. The fourth-order valence-corrected chi connectivity index (χ4v) is 7.06. The van der Waals surface area contributed by atoms with E-state index in [1.165, 1.54) is 16.3 Å². The maximum absolute atomic E-state index is 12.9. The molecule has 11 heteroatoms. The molecule has 3 aromatic carbocycles. The molecule has 0 amide bonds. The van der Waals surface area contributed by atoms with Crippen LogP contribution in [-0.4, -0.2) is 43.6 Å². The van der Waals surface area contributed by atoms with E-state index in [1.807, 2.05) is 24.3 Å². The Hall–Kier alpha value is -2.76. The van der Waals surface area contributed by atoms with Crippen LogP contribution >= 0.6 is 27.5 Å². The maximum atomic E-state index is 12.9. The number of rotatable bonds is 3. The predicted octanol–water partition coefficient (Wildman–Crippen LogP) is 5.44. The van der Waals surface area contributed by atoms with Crippen LogP contribution in [-0.2, 0) is 21.4 Å². The third-order valence-electron chi connectivity index (χ3n) is 6.59. The Bertz CT molecular complexity index is 1610. The van der Waals surface area contributed by atoms with E-state index in [1.54, 1.807) is 30.3 Å². The molecule has 1 fully saturated rings. The van der Waals surface area contributed by atoms with Crippen LogP contribution in [0.2, 0.25) is 5.02 Å². The first-order chi connectivity index (χ1) is 18.3. The summed E-state index contributed by atoms with van der Waals surface area (Å²) in [4.78, 5) is 16.7. The molecule has 0 bridgehead atoms. The van der Waals surface area contributed by atoms with Gasteiger partial charge in [-0.15, -0.1) is 0 Å². The molecule has 0 atom stereocenters. The van der Waals surface area contributed by atoms with Crippen molar-refractivity contribution in [1.29, 1.82) is 0 Å². The van der Waals surface area contributed by atoms with E-state index in [9.17, 15) is 13.2 Å². The number of ether oxygens (including phenoxy) is 1. The highest BCUT2D eigenvalue weighted by Gasteiger charge is 2.34. The summed E-state index contributed by atoms with van der Waals surface area (Å²) in [6, 6.07) is 20.4. The highest BCUT2D eigenvalue weighted by molar-refractivity contribution is 9.10. The number of sulfonamides is 1. The van der Waals surface area contributed by atoms with E-state index in [0.29, 0.717) is 31.9 Å². The molecule has 2 aliphatic rings. The lowest BCUT2D eigenvalue weighted by Crippen LogP contribution is -2.48. The monoisotopic (exact) mass is 617 g/mol. The van der Waals surface area contributed by atoms with Crippen LogP contribution in [0.5, 0.6) is 0 Å². The van der Waals surface area contributed by atoms with Crippen LogP contribution in [0.15, 0.2) is 91.6 Å². The van der Waals surface area contributed by atoms with Crippen molar-refractivity contribution in [2.75, 3.05) is 24.7 Å². The van der Waals surface area contributed by atoms with Crippen LogP contribution in [0, 0.1) is 0 Å². The second kappa shape index (κ2) is 11.5. The standard InChI is InChI=1S/C19H20BrClN2O3S.C8H5NO2/c20-15-5-6-18-14(11-15)12-26-13-23(18)16-7-9-22(10-8-16)27(24,25)19-4-2-1-3-17(19)21;10-8-9-7-4-2-1-3-6(7)5-11-8/h1-6,11,16H,7-10,12-13H2;1-5H. The van der Waals surface area contributed by atoms with E-state index in [0.717, 1.165) is 28.3 Å². The molecule has 1 aromatic heterocycles. The predicted molar refractivity (Wildman–Crippen MR) is 150 cm³/mol. The summed E-state index contributed by atoms with van der Waals surface area (Å²) < 4.78 is 38.7. The summed E-state index contributed by atoms with van der Waals surface area (Å²) in [5.41, 5.74) is 3.00. The number of piperidine rings is 1. The minimum absolute atomic E-state index is 0.182. The molecule has 38 heavy (non-hydrogen) atoms. The van der Waals surface area contributed by atoms with E-state index in [2.05, 4.69) is 42.4 Å². The molecule has 3 heterocycles. The minimum Gasteiger partial charge on any atom is -0.416 e. The quantitative estimate of drug-likeness (QED) is 0.302. The first-order valence-electron chi connectivity index (χ1n) is 12.0. The summed E-state index contributed by atoms with van der Waals surface area (Å²) in [5.74, 6) is -0.552. The fraction of sp³-hybridized carbons (Fsp3) is 0.259. The van der Waals surface area contributed by atoms with Gasteiger partial charge in [0.05, 0.1) is 17.1 Å². The van der Waals surface area contributed by atoms with Crippen molar-refractivity contribution >= 4 is 54.1 Å². The third-order valence-corrected chi connectivity index (χ3v) is 9.48. The third kappa shape index (κ3) is 5.79. The molecule has 4 aromatic rings. The normalized spacial score (nSPS) is 16.5. The van der Waals surface area contributed by atoms with Crippen LogP contribution < -0.4 is 10.7 Å². The molecule has 0 N–H and O–H groups in total. The zero-order chi connectivity index (χ0) is 26.7. The van der Waals surface area contributed by atoms with Gasteiger partial charge >= 0.3 is 5.76 Å². The summed E-state index contributed by atoms with van der Waals surface area (Å²) >= 11 is 9.62. The number of benzene rings is 3. The zero-order valence-electron chi connectivity index (χ0n) is 20.3. The van der Waals surface area contributed by atoms with Crippen molar-refractivity contribution in [2.24, 2.45) is 0 Å². The van der Waals surface area contributed by atoms with Gasteiger partial charge in [0.25, 0.3) is 0 Å². The molecular weight excluding hydrogens is 594 g/mol. The number of anilines is 1. The Morgan fingerprint density at radius 3 is 2.53 bits per heavy atom. The van der Waals surface area contributed by atoms with Gasteiger partial charge in [0.15, 0.2) is 0 Å². The van der Waals surface area contributed by atoms with Gasteiger partial charge in [0, 0.05) is 40.2 Å². The van der Waals surface area contributed by atoms with Crippen molar-refractivity contribution in [3.63, 3.8) is 0 Å². The van der Waals surface area contributed by atoms with Gasteiger partial charge in [0.2, 0.25) is 10.0 Å². The van der Waals surface area contributed by atoms with Gasteiger partial charge in [0.1, 0.15) is 17.9 Å². The van der Waals surface area contributed by atoms with Crippen molar-refractivity contribution in [1.82, 2.24) is 9.29 Å². The lowest BCUT2D eigenvalue weighted by molar-refractivity contribution is 0.0987. The van der Waals surface area contributed by atoms with Gasteiger partial charge in [-0.05, 0) is 55.3 Å². The molecule has 198 valence electrons. The average molecular weight is 619 g/mol. The van der Waals surface area contributed by atoms with Crippen molar-refractivity contribution in [2.45, 2.75) is 30.4 Å². The number of para-hydroxylation sites is 1. The number of nitrogens with zero attached hydrogens (tertiary/aromatic N) is 3. The van der Waals surface area contributed by atoms with E-state index >= 15 is 0 Å². The highest BCUT2D eigenvalue weighted by Crippen LogP contribution is 2.34. The zero-order valence-corrected chi connectivity index (χ0v) is 23.5. The topological polar surface area (TPSA) is 93.0 Å². The number of hydrogen-bond acceptors (Lipinski definition) is 7. The van der Waals surface area contributed by atoms with Crippen LogP contribution in [0.3, 0.4) is 0 Å². The van der Waals surface area contributed by atoms with Crippen molar-refractivity contribution in [3.8, 4) is 0 Å². The number of halogens is 2. The molecular formula is C27H25BrClN3O5S. The summed E-state index contributed by atoms with van der Waals surface area (Å²) in [6.45, 7) is 2.09. The first-order valence-corrected chi connectivity index (χ1v) is 14.7. The molecule has 0 saturated carbocycles. The SMILES string of the molecule is O=S(=O)(c1ccccc1Cl)N1CCC(N2COCc3cc(Br)ccc32)CC1.O=c1nc2ccccc2co1. The largest absolute Gasteiger partial charge is 0.439 e. The van der Waals surface area contributed by atoms with E-state index in [-0.39, 0.29) is 16.0 Å². The van der Waals surface area contributed by atoms with E-state index < -0.39 is 15.8 Å². The average Bonchev–Trinajstić information content (AvgIpc) is 2.93. The summed E-state index contributed by atoms with van der Waals surface area (Å²) in [5, 5.41) is 1.11. The van der Waals surface area contributed by atoms with Crippen molar-refractivity contribution < 1.29 is 17.6 Å². The first kappa shape index (κ1) is 26.8. The van der Waals surface area contributed by atoms with Gasteiger partial charge in [-0.25, -0.2) is 13.2 Å². The Morgan fingerprint density at radius 1 is 1.00 bits per heavy atom. The van der Waals surface area contributed by atoms with Crippen LogP contribution in [0.1, 0.15) is 18.4 Å². The summed E-state index contributed by atoms with van der Waals surface area (Å²) in [6.07, 6.45) is 2.91. The number of aromatic nitrogens is 1. The van der Waals surface area contributed by atoms with Gasteiger partial charge in [-0.1, -0.05) is 51.8 Å². The lowest BCUT2D eigenvalue weighted by atomic mass is 10.0. The Morgan fingerprint density at radius 2 is 1.74 bits per heavy atom. The Balaban J connectivity index is 0.000000222. The smallest absolute Gasteiger partial charge is 0.416 e. The molecule has 6 rings (SSSR count). The van der Waals surface area contributed by atoms with E-state index in [4.69, 9.17) is 16.3 Å². The number of fused-ring (bicyclic) bond motifs is 2. The molecule has 0 unspecified atom stereocenters. The van der Waals surface area contributed by atoms with Gasteiger partial charge in [-0.3, -0.25) is 0 Å².